The molecule has 3 rings (SSSR count). The smallest absolute Gasteiger partial charge is 0.182 e. The van der Waals surface area contributed by atoms with Gasteiger partial charge in [0.2, 0.25) is 0 Å². The van der Waals surface area contributed by atoms with E-state index in [1.807, 2.05) is 67.8 Å². The second-order valence-electron chi connectivity index (χ2n) is 4.89. The molecule has 0 fully saturated rings. The van der Waals surface area contributed by atoms with E-state index in [0.717, 1.165) is 34.0 Å². The molecule has 0 saturated heterocycles. The summed E-state index contributed by atoms with van der Waals surface area (Å²) >= 11 is 0. The van der Waals surface area contributed by atoms with Crippen molar-refractivity contribution in [3.8, 4) is 0 Å². The summed E-state index contributed by atoms with van der Waals surface area (Å²) in [4.78, 5) is 4.56. The van der Waals surface area contributed by atoms with Gasteiger partial charge in [-0.2, -0.15) is 0 Å². The van der Waals surface area contributed by atoms with Crippen LogP contribution in [0.3, 0.4) is 0 Å². The Kier molecular flexibility index (Phi) is 3.06. The van der Waals surface area contributed by atoms with E-state index in [0.29, 0.717) is 0 Å². The molecule has 3 aromatic rings. The van der Waals surface area contributed by atoms with Crippen LogP contribution in [0.5, 0.6) is 0 Å². The maximum absolute atomic E-state index is 4.56. The Bertz CT molecular complexity index is 799. The van der Waals surface area contributed by atoms with E-state index >= 15 is 0 Å². The summed E-state index contributed by atoms with van der Waals surface area (Å²) in [6, 6.07) is 12.0. The van der Waals surface area contributed by atoms with E-state index in [1.54, 1.807) is 0 Å². The molecular formula is C16H16N4. The van der Waals surface area contributed by atoms with Crippen LogP contribution in [0.15, 0.2) is 52.8 Å². The zero-order valence-corrected chi connectivity index (χ0v) is 11.8. The topological polar surface area (TPSA) is 42.0 Å². The largest absolute Gasteiger partial charge is 0.283 e. The Hall–Kier alpha value is -2.49. The van der Waals surface area contributed by atoms with Crippen LogP contribution in [-0.4, -0.2) is 9.38 Å². The number of fused-ring (bicyclic) bond motifs is 1. The minimum atomic E-state index is 0.784. The molecule has 0 saturated carbocycles. The molecule has 4 heteroatoms. The van der Waals surface area contributed by atoms with Gasteiger partial charge in [-0.3, -0.25) is 4.40 Å². The summed E-state index contributed by atoms with van der Waals surface area (Å²) in [5.74, 6) is 0.784. The minimum Gasteiger partial charge on any atom is -0.283 e. The first-order valence-electron chi connectivity index (χ1n) is 6.58. The van der Waals surface area contributed by atoms with Crippen LogP contribution in [0.4, 0.5) is 11.5 Å². The number of nitrogens with zero attached hydrogens (tertiary/aromatic N) is 4. The summed E-state index contributed by atoms with van der Waals surface area (Å²) < 4.78 is 1.98. The first-order chi connectivity index (χ1) is 9.66. The van der Waals surface area contributed by atoms with Crippen molar-refractivity contribution >= 4 is 17.2 Å². The Morgan fingerprint density at radius 2 is 1.65 bits per heavy atom. The summed E-state index contributed by atoms with van der Waals surface area (Å²) in [5.41, 5.74) is 4.95. The Morgan fingerprint density at radius 3 is 2.45 bits per heavy atom. The fourth-order valence-electron chi connectivity index (χ4n) is 2.20. The van der Waals surface area contributed by atoms with Crippen LogP contribution < -0.4 is 0 Å². The van der Waals surface area contributed by atoms with Crippen LogP contribution in [0, 0.1) is 20.8 Å². The highest BCUT2D eigenvalue weighted by molar-refractivity contribution is 5.56. The molecule has 0 unspecified atom stereocenters. The first-order valence-corrected chi connectivity index (χ1v) is 6.58. The highest BCUT2D eigenvalue weighted by atomic mass is 15.2. The third-order valence-electron chi connectivity index (χ3n) is 3.36. The number of aryl methyl sites for hydroxylation is 3. The zero-order chi connectivity index (χ0) is 14.1. The quantitative estimate of drug-likeness (QED) is 0.620. The van der Waals surface area contributed by atoms with E-state index in [-0.39, 0.29) is 0 Å². The van der Waals surface area contributed by atoms with Crippen molar-refractivity contribution in [2.24, 2.45) is 10.2 Å². The summed E-state index contributed by atoms with van der Waals surface area (Å²) in [6.45, 7) is 6.03. The Balaban J connectivity index is 2.10. The maximum Gasteiger partial charge on any atom is 0.182 e. The summed E-state index contributed by atoms with van der Waals surface area (Å²) in [5, 5.41) is 8.74. The van der Waals surface area contributed by atoms with Gasteiger partial charge < -0.3 is 0 Å². The minimum absolute atomic E-state index is 0.784. The third kappa shape index (κ3) is 2.09. The maximum atomic E-state index is 4.56. The van der Waals surface area contributed by atoms with E-state index in [4.69, 9.17) is 0 Å². The number of hydrogen-bond donors (Lipinski definition) is 0. The van der Waals surface area contributed by atoms with Gasteiger partial charge >= 0.3 is 0 Å². The highest BCUT2D eigenvalue weighted by Crippen LogP contribution is 2.25. The molecule has 0 radical (unpaired) electrons. The Morgan fingerprint density at radius 1 is 0.900 bits per heavy atom. The number of hydrogen-bond acceptors (Lipinski definition) is 3. The predicted octanol–water partition coefficient (Wildman–Crippen LogP) is 4.67. The number of benzene rings is 1. The number of rotatable bonds is 2. The van der Waals surface area contributed by atoms with Gasteiger partial charge in [0, 0.05) is 6.20 Å². The zero-order valence-electron chi connectivity index (χ0n) is 11.8. The van der Waals surface area contributed by atoms with Gasteiger partial charge in [-0.05, 0) is 44.0 Å². The Labute approximate surface area is 117 Å². The van der Waals surface area contributed by atoms with Gasteiger partial charge in [-0.15, -0.1) is 10.2 Å². The summed E-state index contributed by atoms with van der Waals surface area (Å²) in [6.07, 6.45) is 1.97. The fourth-order valence-corrected chi connectivity index (χ4v) is 2.20. The van der Waals surface area contributed by atoms with Crippen molar-refractivity contribution < 1.29 is 0 Å². The van der Waals surface area contributed by atoms with Crippen LogP contribution >= 0.6 is 0 Å². The second kappa shape index (κ2) is 4.89. The first kappa shape index (κ1) is 12.5. The molecule has 0 spiro atoms. The van der Waals surface area contributed by atoms with Gasteiger partial charge in [-0.25, -0.2) is 4.98 Å². The van der Waals surface area contributed by atoms with Gasteiger partial charge in [0.05, 0.1) is 11.4 Å². The van der Waals surface area contributed by atoms with E-state index < -0.39 is 0 Å². The van der Waals surface area contributed by atoms with E-state index in [1.165, 1.54) is 0 Å². The standard InChI is InChI=1S/C16H16N4/c1-11-7-4-5-9-14(11)18-19-16-13(3)17-15-12(2)8-6-10-20(15)16/h4-10H,1-3H3. The highest BCUT2D eigenvalue weighted by Gasteiger charge is 2.09. The lowest BCUT2D eigenvalue weighted by atomic mass is 10.2. The third-order valence-corrected chi connectivity index (χ3v) is 3.36. The molecule has 2 aromatic heterocycles. The van der Waals surface area contributed by atoms with Crippen molar-refractivity contribution in [1.29, 1.82) is 0 Å². The molecule has 4 nitrogen and oxygen atoms in total. The number of aromatic nitrogens is 2. The number of azo groups is 1. The molecule has 0 N–H and O–H groups in total. The molecule has 0 aliphatic rings. The average molecular weight is 264 g/mol. The molecule has 0 amide bonds. The molecule has 0 atom stereocenters. The molecular weight excluding hydrogens is 248 g/mol. The average Bonchev–Trinajstić information content (AvgIpc) is 2.76. The summed E-state index contributed by atoms with van der Waals surface area (Å²) in [7, 11) is 0. The lowest BCUT2D eigenvalue weighted by Crippen LogP contribution is -1.85. The normalized spacial score (nSPS) is 11.6. The van der Waals surface area contributed by atoms with Gasteiger partial charge in [0.1, 0.15) is 5.65 Å². The van der Waals surface area contributed by atoms with Crippen LogP contribution in [0.1, 0.15) is 16.8 Å². The van der Waals surface area contributed by atoms with Crippen molar-refractivity contribution in [2.75, 3.05) is 0 Å². The van der Waals surface area contributed by atoms with Crippen LogP contribution in [0.2, 0.25) is 0 Å². The molecule has 20 heavy (non-hydrogen) atoms. The predicted molar refractivity (Wildman–Crippen MR) is 80.0 cm³/mol. The second-order valence-corrected chi connectivity index (χ2v) is 4.89. The monoisotopic (exact) mass is 264 g/mol. The fraction of sp³-hybridized carbons (Fsp3) is 0.188. The molecule has 0 bridgehead atoms. The van der Waals surface area contributed by atoms with Crippen LogP contribution in [0.25, 0.3) is 5.65 Å². The van der Waals surface area contributed by atoms with Gasteiger partial charge in [-0.1, -0.05) is 24.3 Å². The van der Waals surface area contributed by atoms with Crippen molar-refractivity contribution in [3.63, 3.8) is 0 Å². The lowest BCUT2D eigenvalue weighted by molar-refractivity contribution is 1.08. The van der Waals surface area contributed by atoms with E-state index in [2.05, 4.69) is 15.2 Å². The lowest BCUT2D eigenvalue weighted by Gasteiger charge is -1.99. The van der Waals surface area contributed by atoms with Crippen molar-refractivity contribution in [2.45, 2.75) is 20.8 Å². The van der Waals surface area contributed by atoms with Gasteiger partial charge in [0.25, 0.3) is 0 Å². The molecule has 100 valence electrons. The number of imidazole rings is 1. The SMILES string of the molecule is Cc1ccccc1N=Nc1c(C)nc2c(C)cccn12. The van der Waals surface area contributed by atoms with Gasteiger partial charge in [0.15, 0.2) is 5.82 Å². The molecule has 2 heterocycles. The molecule has 1 aromatic carbocycles. The van der Waals surface area contributed by atoms with Crippen molar-refractivity contribution in [1.82, 2.24) is 9.38 Å². The number of pyridine rings is 1. The van der Waals surface area contributed by atoms with E-state index in [9.17, 15) is 0 Å². The van der Waals surface area contributed by atoms with Crippen molar-refractivity contribution in [3.05, 3.63) is 59.4 Å². The van der Waals surface area contributed by atoms with Crippen LogP contribution in [-0.2, 0) is 0 Å². The molecule has 0 aliphatic carbocycles. The molecule has 0 aliphatic heterocycles.